The van der Waals surface area contributed by atoms with Crippen molar-refractivity contribution in [2.24, 2.45) is 29.6 Å². The second-order valence-electron chi connectivity index (χ2n) is 7.28. The van der Waals surface area contributed by atoms with E-state index in [4.69, 9.17) is 0 Å². The maximum Gasteiger partial charge on any atom is -0.00180 e. The van der Waals surface area contributed by atoms with Gasteiger partial charge in [-0.1, -0.05) is 32.6 Å². The Morgan fingerprint density at radius 3 is 2.39 bits per heavy atom. The van der Waals surface area contributed by atoms with E-state index in [1.54, 1.807) is 32.1 Å². The first-order valence-corrected chi connectivity index (χ1v) is 8.57. The van der Waals surface area contributed by atoms with Gasteiger partial charge in [0.2, 0.25) is 0 Å². The molecule has 0 aliphatic heterocycles. The zero-order valence-electron chi connectivity index (χ0n) is 12.2. The number of fused-ring (bicyclic) bond motifs is 2. The molecule has 1 nitrogen and oxygen atoms in total. The highest BCUT2D eigenvalue weighted by atomic mass is 14.8. The Balaban J connectivity index is 1.52. The van der Waals surface area contributed by atoms with Crippen molar-refractivity contribution in [2.75, 3.05) is 13.1 Å². The highest BCUT2D eigenvalue weighted by Crippen LogP contribution is 2.51. The minimum absolute atomic E-state index is 0.998. The zero-order valence-corrected chi connectivity index (χ0v) is 12.2. The molecule has 1 N–H and O–H groups in total. The van der Waals surface area contributed by atoms with E-state index in [-0.39, 0.29) is 0 Å². The molecule has 3 saturated carbocycles. The van der Waals surface area contributed by atoms with Crippen LogP contribution >= 0.6 is 0 Å². The summed E-state index contributed by atoms with van der Waals surface area (Å²) in [4.78, 5) is 0. The summed E-state index contributed by atoms with van der Waals surface area (Å²) in [5, 5.41) is 3.61. The first-order chi connectivity index (χ1) is 8.86. The lowest BCUT2D eigenvalue weighted by Crippen LogP contribution is -2.32. The lowest BCUT2D eigenvalue weighted by atomic mass is 9.72. The van der Waals surface area contributed by atoms with Crippen LogP contribution in [0.25, 0.3) is 0 Å². The predicted octanol–water partition coefficient (Wildman–Crippen LogP) is 4.23. The van der Waals surface area contributed by atoms with Gasteiger partial charge in [0.1, 0.15) is 0 Å². The van der Waals surface area contributed by atoms with E-state index in [9.17, 15) is 0 Å². The molecule has 3 aliphatic carbocycles. The van der Waals surface area contributed by atoms with Crippen LogP contribution < -0.4 is 5.32 Å². The highest BCUT2D eigenvalue weighted by Gasteiger charge is 2.41. The molecular weight excluding hydrogens is 218 g/mol. The molecule has 18 heavy (non-hydrogen) atoms. The molecule has 0 amide bonds. The lowest BCUT2D eigenvalue weighted by Gasteiger charge is -2.35. The van der Waals surface area contributed by atoms with Gasteiger partial charge >= 0.3 is 0 Å². The second-order valence-corrected chi connectivity index (χ2v) is 7.28. The number of hydrogen-bond donors (Lipinski definition) is 1. The molecule has 0 radical (unpaired) electrons. The molecule has 0 saturated heterocycles. The van der Waals surface area contributed by atoms with Crippen molar-refractivity contribution in [1.29, 1.82) is 0 Å². The van der Waals surface area contributed by atoms with Gasteiger partial charge in [0.25, 0.3) is 0 Å². The third-order valence-electron chi connectivity index (χ3n) is 6.21. The van der Waals surface area contributed by atoms with E-state index >= 15 is 0 Å². The fourth-order valence-electron chi connectivity index (χ4n) is 5.25. The van der Waals surface area contributed by atoms with Crippen molar-refractivity contribution in [3.05, 3.63) is 0 Å². The van der Waals surface area contributed by atoms with Crippen LogP contribution in [0.1, 0.15) is 64.7 Å². The monoisotopic (exact) mass is 249 g/mol. The van der Waals surface area contributed by atoms with Gasteiger partial charge in [0.15, 0.2) is 0 Å². The molecule has 3 aliphatic rings. The van der Waals surface area contributed by atoms with Crippen molar-refractivity contribution >= 4 is 0 Å². The van der Waals surface area contributed by atoms with Gasteiger partial charge in [-0.3, -0.25) is 0 Å². The standard InChI is InChI=1S/C17H31N/c1-2-18-12-16-6-4-3-5-14(16)11-17-10-13-7-8-15(17)9-13/h13-18H,2-12H2,1H3. The smallest absolute Gasteiger partial charge is 0.00180 e. The van der Waals surface area contributed by atoms with Gasteiger partial charge in [-0.25, -0.2) is 0 Å². The van der Waals surface area contributed by atoms with Crippen molar-refractivity contribution in [2.45, 2.75) is 64.7 Å². The lowest BCUT2D eigenvalue weighted by molar-refractivity contribution is 0.166. The largest absolute Gasteiger partial charge is 0.317 e. The van der Waals surface area contributed by atoms with Crippen molar-refractivity contribution in [1.82, 2.24) is 5.32 Å². The molecule has 5 atom stereocenters. The average molecular weight is 249 g/mol. The molecule has 104 valence electrons. The third kappa shape index (κ3) is 2.76. The minimum atomic E-state index is 0.998. The maximum atomic E-state index is 3.61. The summed E-state index contributed by atoms with van der Waals surface area (Å²) in [6.45, 7) is 4.69. The van der Waals surface area contributed by atoms with Crippen LogP contribution in [0.3, 0.4) is 0 Å². The maximum absolute atomic E-state index is 3.61. The molecule has 5 unspecified atom stereocenters. The molecule has 0 aromatic rings. The van der Waals surface area contributed by atoms with E-state index in [1.165, 1.54) is 32.2 Å². The Morgan fingerprint density at radius 1 is 0.889 bits per heavy atom. The number of hydrogen-bond acceptors (Lipinski definition) is 1. The Bertz CT molecular complexity index is 262. The van der Waals surface area contributed by atoms with Crippen molar-refractivity contribution in [3.8, 4) is 0 Å². The number of nitrogens with one attached hydrogen (secondary N) is 1. The first-order valence-electron chi connectivity index (χ1n) is 8.57. The van der Waals surface area contributed by atoms with Gasteiger partial charge in [-0.2, -0.15) is 0 Å². The van der Waals surface area contributed by atoms with Crippen molar-refractivity contribution in [3.63, 3.8) is 0 Å². The summed E-state index contributed by atoms with van der Waals surface area (Å²) in [6, 6.07) is 0. The van der Waals surface area contributed by atoms with Crippen LogP contribution in [0.15, 0.2) is 0 Å². The summed E-state index contributed by atoms with van der Waals surface area (Å²) in [7, 11) is 0. The molecule has 3 fully saturated rings. The highest BCUT2D eigenvalue weighted by molar-refractivity contribution is 4.92. The molecule has 0 spiro atoms. The summed E-state index contributed by atoms with van der Waals surface area (Å²) in [5.41, 5.74) is 0. The fourth-order valence-corrected chi connectivity index (χ4v) is 5.25. The third-order valence-corrected chi connectivity index (χ3v) is 6.21. The SMILES string of the molecule is CCNCC1CCCCC1CC1CC2CCC1C2. The molecule has 2 bridgehead atoms. The van der Waals surface area contributed by atoms with Crippen LogP contribution in [-0.2, 0) is 0 Å². The van der Waals surface area contributed by atoms with E-state index in [0.717, 1.165) is 36.1 Å². The van der Waals surface area contributed by atoms with Crippen LogP contribution in [0.2, 0.25) is 0 Å². The molecule has 0 aromatic heterocycles. The topological polar surface area (TPSA) is 12.0 Å². The quantitative estimate of drug-likeness (QED) is 0.769. The summed E-state index contributed by atoms with van der Waals surface area (Å²) in [5.74, 6) is 5.45. The van der Waals surface area contributed by atoms with Crippen LogP contribution in [0, 0.1) is 29.6 Å². The summed E-state index contributed by atoms with van der Waals surface area (Å²) in [6.07, 6.45) is 13.9. The van der Waals surface area contributed by atoms with Gasteiger partial charge in [0.05, 0.1) is 0 Å². The zero-order chi connectivity index (χ0) is 12.4. The van der Waals surface area contributed by atoms with E-state index in [1.807, 2.05) is 0 Å². The summed E-state index contributed by atoms with van der Waals surface area (Å²) >= 11 is 0. The second kappa shape index (κ2) is 5.94. The Labute approximate surface area is 113 Å². The molecule has 0 aromatic carbocycles. The van der Waals surface area contributed by atoms with E-state index < -0.39 is 0 Å². The normalized spacial score (nSPS) is 43.5. The van der Waals surface area contributed by atoms with Gasteiger partial charge < -0.3 is 5.32 Å². The molecule has 1 heteroatoms. The van der Waals surface area contributed by atoms with Crippen molar-refractivity contribution < 1.29 is 0 Å². The van der Waals surface area contributed by atoms with E-state index in [0.29, 0.717) is 0 Å². The van der Waals surface area contributed by atoms with E-state index in [2.05, 4.69) is 12.2 Å². The van der Waals surface area contributed by atoms with Crippen LogP contribution in [-0.4, -0.2) is 13.1 Å². The Kier molecular flexibility index (Phi) is 4.28. The average Bonchev–Trinajstić information content (AvgIpc) is 3.00. The first kappa shape index (κ1) is 13.0. The molecular formula is C17H31N. The Hall–Kier alpha value is -0.0400. The Morgan fingerprint density at radius 2 is 1.72 bits per heavy atom. The minimum Gasteiger partial charge on any atom is -0.317 e. The fraction of sp³-hybridized carbons (Fsp3) is 1.00. The van der Waals surface area contributed by atoms with Gasteiger partial charge in [-0.15, -0.1) is 0 Å². The summed E-state index contributed by atoms with van der Waals surface area (Å²) < 4.78 is 0. The molecule has 3 rings (SSSR count). The van der Waals surface area contributed by atoms with Gasteiger partial charge in [0, 0.05) is 0 Å². The van der Waals surface area contributed by atoms with Gasteiger partial charge in [-0.05, 0) is 74.8 Å². The van der Waals surface area contributed by atoms with Crippen LogP contribution in [0.4, 0.5) is 0 Å². The number of rotatable bonds is 5. The molecule has 0 heterocycles. The van der Waals surface area contributed by atoms with Crippen LogP contribution in [0.5, 0.6) is 0 Å². The predicted molar refractivity (Wildman–Crippen MR) is 77.5 cm³/mol.